The van der Waals surface area contributed by atoms with Crippen molar-refractivity contribution in [2.75, 3.05) is 18.4 Å². The van der Waals surface area contributed by atoms with Crippen LogP contribution in [0.25, 0.3) is 5.65 Å². The third-order valence-electron chi connectivity index (χ3n) is 7.91. The highest BCUT2D eigenvalue weighted by atomic mass is 19.3. The van der Waals surface area contributed by atoms with Crippen molar-refractivity contribution in [2.24, 2.45) is 17.3 Å². The molecule has 0 bridgehead atoms. The first-order valence-electron chi connectivity index (χ1n) is 11.7. The number of hydrogen-bond acceptors (Lipinski definition) is 4. The number of hydrogen-bond donors (Lipinski definition) is 1. The summed E-state index contributed by atoms with van der Waals surface area (Å²) in [5.74, 6) is -3.49. The van der Waals surface area contributed by atoms with E-state index < -0.39 is 11.8 Å². The molecular formula is C23H27F2N5O2. The van der Waals surface area contributed by atoms with Crippen molar-refractivity contribution in [2.45, 2.75) is 63.2 Å². The first-order chi connectivity index (χ1) is 15.3. The average molecular weight is 443 g/mol. The van der Waals surface area contributed by atoms with Crippen LogP contribution in [0.3, 0.4) is 0 Å². The predicted molar refractivity (Wildman–Crippen MR) is 112 cm³/mol. The van der Waals surface area contributed by atoms with Gasteiger partial charge >= 0.3 is 0 Å². The number of nitrogens with one attached hydrogen (secondary N) is 1. The SMILES string of the molecule is O=C(Nc1nc2cccc(C3CCC4(CC3)CCN(C(=O)[C@@H]3CC3(F)F)C4)n2n1)C1CC1. The van der Waals surface area contributed by atoms with E-state index in [1.165, 1.54) is 0 Å². The lowest BCUT2D eigenvalue weighted by molar-refractivity contribution is -0.134. The van der Waals surface area contributed by atoms with Crippen molar-refractivity contribution in [3.63, 3.8) is 0 Å². The minimum atomic E-state index is -2.79. The zero-order valence-corrected chi connectivity index (χ0v) is 17.9. The van der Waals surface area contributed by atoms with Gasteiger partial charge in [-0.05, 0) is 62.5 Å². The molecule has 9 heteroatoms. The van der Waals surface area contributed by atoms with Crippen molar-refractivity contribution in [1.82, 2.24) is 19.5 Å². The molecule has 7 nitrogen and oxygen atoms in total. The molecule has 1 saturated heterocycles. The molecule has 170 valence electrons. The molecule has 2 aromatic heterocycles. The quantitative estimate of drug-likeness (QED) is 0.783. The van der Waals surface area contributed by atoms with E-state index in [2.05, 4.69) is 21.5 Å². The van der Waals surface area contributed by atoms with Gasteiger partial charge in [-0.2, -0.15) is 4.98 Å². The molecule has 2 aromatic rings. The third-order valence-corrected chi connectivity index (χ3v) is 7.91. The molecule has 1 aliphatic heterocycles. The Hall–Kier alpha value is -2.58. The first kappa shape index (κ1) is 20.1. The van der Waals surface area contributed by atoms with Crippen molar-refractivity contribution < 1.29 is 18.4 Å². The Morgan fingerprint density at radius 1 is 1.09 bits per heavy atom. The molecule has 3 saturated carbocycles. The van der Waals surface area contributed by atoms with Crippen LogP contribution in [0.4, 0.5) is 14.7 Å². The fourth-order valence-corrected chi connectivity index (χ4v) is 5.60. The number of amides is 2. The smallest absolute Gasteiger partial charge is 0.260 e. The summed E-state index contributed by atoms with van der Waals surface area (Å²) < 4.78 is 28.5. The summed E-state index contributed by atoms with van der Waals surface area (Å²) in [5.41, 5.74) is 1.85. The molecule has 4 fully saturated rings. The standard InChI is InChI=1S/C23H27F2N5O2/c24-23(25)12-16(23)20(32)29-11-10-22(13-29)8-6-14(7-9-22)17-2-1-3-18-26-21(28-30(17)18)27-19(31)15-4-5-15/h1-3,14-16H,4-13H2,(H,27,28,31)/t14?,16-,22?/m0/s1. The van der Waals surface area contributed by atoms with Crippen LogP contribution in [0, 0.1) is 17.3 Å². The van der Waals surface area contributed by atoms with Gasteiger partial charge in [-0.25, -0.2) is 13.3 Å². The highest BCUT2D eigenvalue weighted by Crippen LogP contribution is 2.52. The fourth-order valence-electron chi connectivity index (χ4n) is 5.60. The minimum absolute atomic E-state index is 0.00800. The first-order valence-corrected chi connectivity index (χ1v) is 11.7. The summed E-state index contributed by atoms with van der Waals surface area (Å²) in [6.07, 6.45) is 6.34. The van der Waals surface area contributed by atoms with Crippen LogP contribution in [0.2, 0.25) is 0 Å². The normalized spacial score (nSPS) is 31.2. The Kier molecular flexibility index (Phi) is 4.36. The number of pyridine rings is 1. The van der Waals surface area contributed by atoms with Crippen molar-refractivity contribution in [3.05, 3.63) is 23.9 Å². The second-order valence-electron chi connectivity index (χ2n) is 10.2. The van der Waals surface area contributed by atoms with Gasteiger partial charge in [0.1, 0.15) is 5.92 Å². The molecule has 2 amide bonds. The minimum Gasteiger partial charge on any atom is -0.342 e. The van der Waals surface area contributed by atoms with Crippen LogP contribution in [0.5, 0.6) is 0 Å². The zero-order valence-electron chi connectivity index (χ0n) is 17.9. The van der Waals surface area contributed by atoms with Crippen molar-refractivity contribution in [3.8, 4) is 0 Å². The van der Waals surface area contributed by atoms with Crippen LogP contribution in [0.15, 0.2) is 18.2 Å². The molecule has 3 heterocycles. The number of likely N-dealkylation sites (tertiary alicyclic amines) is 1. The summed E-state index contributed by atoms with van der Waals surface area (Å²) in [5, 5.41) is 7.38. The van der Waals surface area contributed by atoms with Crippen LogP contribution in [-0.2, 0) is 9.59 Å². The molecule has 32 heavy (non-hydrogen) atoms. The molecule has 6 rings (SSSR count). The lowest BCUT2D eigenvalue weighted by Gasteiger charge is -2.37. The van der Waals surface area contributed by atoms with E-state index in [4.69, 9.17) is 0 Å². The van der Waals surface area contributed by atoms with Crippen molar-refractivity contribution >= 4 is 23.4 Å². The molecule has 0 aromatic carbocycles. The van der Waals surface area contributed by atoms with Gasteiger partial charge in [0.25, 0.3) is 5.92 Å². The number of halogens is 2. The van der Waals surface area contributed by atoms with Gasteiger partial charge in [-0.15, -0.1) is 5.10 Å². The predicted octanol–water partition coefficient (Wildman–Crippen LogP) is 3.61. The van der Waals surface area contributed by atoms with Crippen LogP contribution < -0.4 is 5.32 Å². The van der Waals surface area contributed by atoms with E-state index in [1.807, 2.05) is 16.6 Å². The van der Waals surface area contributed by atoms with Gasteiger partial charge in [0.2, 0.25) is 17.8 Å². The van der Waals surface area contributed by atoms with E-state index in [1.54, 1.807) is 4.90 Å². The number of carbonyl (C=O) groups excluding carboxylic acids is 2. The van der Waals surface area contributed by atoms with E-state index in [0.717, 1.165) is 56.3 Å². The average Bonchev–Trinajstić information content (AvgIpc) is 3.64. The Morgan fingerprint density at radius 2 is 1.84 bits per heavy atom. The molecule has 0 radical (unpaired) electrons. The van der Waals surface area contributed by atoms with Crippen LogP contribution >= 0.6 is 0 Å². The number of alkyl halides is 2. The molecule has 4 aliphatic rings. The lowest BCUT2D eigenvalue weighted by Crippen LogP contribution is -2.36. The fraction of sp³-hybridized carbons (Fsp3) is 0.652. The second kappa shape index (κ2) is 6.96. The Balaban J connectivity index is 1.13. The Labute approximate surface area is 184 Å². The molecule has 0 unspecified atom stereocenters. The maximum absolute atomic E-state index is 13.3. The molecule has 1 atom stereocenters. The molecule has 1 N–H and O–H groups in total. The maximum Gasteiger partial charge on any atom is 0.260 e. The number of fused-ring (bicyclic) bond motifs is 1. The van der Waals surface area contributed by atoms with Gasteiger partial charge in [0.15, 0.2) is 5.65 Å². The van der Waals surface area contributed by atoms with Crippen molar-refractivity contribution in [1.29, 1.82) is 0 Å². The molecule has 3 aliphatic carbocycles. The van der Waals surface area contributed by atoms with E-state index in [-0.39, 0.29) is 29.6 Å². The summed E-state index contributed by atoms with van der Waals surface area (Å²) in [6, 6.07) is 5.93. The largest absolute Gasteiger partial charge is 0.342 e. The zero-order chi connectivity index (χ0) is 22.1. The highest BCUT2D eigenvalue weighted by molar-refractivity contribution is 5.92. The van der Waals surface area contributed by atoms with Gasteiger partial charge in [0.05, 0.1) is 0 Å². The second-order valence-corrected chi connectivity index (χ2v) is 10.2. The summed E-state index contributed by atoms with van der Waals surface area (Å²) in [7, 11) is 0. The summed E-state index contributed by atoms with van der Waals surface area (Å²) in [4.78, 5) is 30.6. The summed E-state index contributed by atoms with van der Waals surface area (Å²) in [6.45, 7) is 1.20. The number of aromatic nitrogens is 3. The Morgan fingerprint density at radius 3 is 2.53 bits per heavy atom. The van der Waals surface area contributed by atoms with Gasteiger partial charge in [-0.3, -0.25) is 14.9 Å². The molecule has 1 spiro atoms. The number of carbonyl (C=O) groups is 2. The maximum atomic E-state index is 13.3. The molecular weight excluding hydrogens is 416 g/mol. The van der Waals surface area contributed by atoms with Gasteiger partial charge in [0, 0.05) is 37.0 Å². The van der Waals surface area contributed by atoms with Gasteiger partial charge in [-0.1, -0.05) is 6.07 Å². The van der Waals surface area contributed by atoms with E-state index in [0.29, 0.717) is 25.0 Å². The van der Waals surface area contributed by atoms with Crippen LogP contribution in [-0.4, -0.2) is 50.3 Å². The monoisotopic (exact) mass is 443 g/mol. The van der Waals surface area contributed by atoms with Crippen LogP contribution in [0.1, 0.15) is 63.0 Å². The number of nitrogens with zero attached hydrogens (tertiary/aromatic N) is 4. The topological polar surface area (TPSA) is 79.6 Å². The number of anilines is 1. The van der Waals surface area contributed by atoms with E-state index in [9.17, 15) is 18.4 Å². The Bertz CT molecular complexity index is 1090. The summed E-state index contributed by atoms with van der Waals surface area (Å²) >= 11 is 0. The van der Waals surface area contributed by atoms with Gasteiger partial charge < -0.3 is 4.90 Å². The number of rotatable bonds is 4. The lowest BCUT2D eigenvalue weighted by atomic mass is 9.69. The third kappa shape index (κ3) is 3.46. The highest BCUT2D eigenvalue weighted by Gasteiger charge is 2.63. The van der Waals surface area contributed by atoms with E-state index >= 15 is 0 Å².